The van der Waals surface area contributed by atoms with E-state index in [0.29, 0.717) is 11.8 Å². The van der Waals surface area contributed by atoms with Gasteiger partial charge in [0.1, 0.15) is 0 Å². The number of nitrogens with zero attached hydrogens (tertiary/aromatic N) is 3. The lowest BCUT2D eigenvalue weighted by Crippen LogP contribution is -2.16. The molecule has 0 bridgehead atoms. The summed E-state index contributed by atoms with van der Waals surface area (Å²) in [6.45, 7) is 2.28. The van der Waals surface area contributed by atoms with Gasteiger partial charge in [-0.25, -0.2) is 4.98 Å². The molecule has 0 spiro atoms. The predicted molar refractivity (Wildman–Crippen MR) is 65.0 cm³/mol. The molecule has 0 aliphatic heterocycles. The third kappa shape index (κ3) is 1.77. The molecule has 2 unspecified atom stereocenters. The van der Waals surface area contributed by atoms with Gasteiger partial charge in [-0.05, 0) is 12.3 Å². The summed E-state index contributed by atoms with van der Waals surface area (Å²) in [5.74, 6) is 1.32. The zero-order valence-electron chi connectivity index (χ0n) is 10.0. The van der Waals surface area contributed by atoms with E-state index in [9.17, 15) is 5.11 Å². The first-order valence-corrected chi connectivity index (χ1v) is 6.29. The summed E-state index contributed by atoms with van der Waals surface area (Å²) >= 11 is 0. The number of hydrogen-bond acceptors (Lipinski definition) is 3. The summed E-state index contributed by atoms with van der Waals surface area (Å²) in [4.78, 5) is 4.61. The van der Waals surface area contributed by atoms with E-state index in [1.54, 1.807) is 12.3 Å². The second-order valence-corrected chi connectivity index (χ2v) is 5.01. The summed E-state index contributed by atoms with van der Waals surface area (Å²) in [5.41, 5.74) is 1.75. The van der Waals surface area contributed by atoms with Gasteiger partial charge in [0, 0.05) is 18.1 Å². The molecule has 1 aliphatic carbocycles. The van der Waals surface area contributed by atoms with Crippen molar-refractivity contribution in [1.29, 1.82) is 0 Å². The first-order valence-electron chi connectivity index (χ1n) is 6.29. The second kappa shape index (κ2) is 4.02. The normalized spacial score (nSPS) is 25.2. The van der Waals surface area contributed by atoms with Gasteiger partial charge < -0.3 is 5.11 Å². The largest absolute Gasteiger partial charge is 0.493 e. The highest BCUT2D eigenvalue weighted by molar-refractivity contribution is 5.41. The molecule has 4 heteroatoms. The third-order valence-electron chi connectivity index (χ3n) is 3.85. The maximum atomic E-state index is 9.92. The lowest BCUT2D eigenvalue weighted by atomic mass is 9.78. The molecule has 2 aromatic rings. The molecular formula is C13H17N3O. The Bertz CT molecular complexity index is 534. The highest BCUT2D eigenvalue weighted by Crippen LogP contribution is 2.37. The van der Waals surface area contributed by atoms with Crippen LogP contribution in [-0.2, 0) is 0 Å². The highest BCUT2D eigenvalue weighted by atomic mass is 16.3. The van der Waals surface area contributed by atoms with Gasteiger partial charge in [-0.2, -0.15) is 9.61 Å². The SMILES string of the molecule is CC1CCCCC1c1cc(O)n2nccc2n1. The molecule has 2 atom stereocenters. The van der Waals surface area contributed by atoms with E-state index in [0.717, 1.165) is 11.3 Å². The van der Waals surface area contributed by atoms with Crippen LogP contribution in [0.1, 0.15) is 44.2 Å². The molecule has 4 nitrogen and oxygen atoms in total. The summed E-state index contributed by atoms with van der Waals surface area (Å²) in [6, 6.07) is 3.60. The molecule has 3 rings (SSSR count). The Morgan fingerprint density at radius 2 is 2.18 bits per heavy atom. The zero-order valence-corrected chi connectivity index (χ0v) is 10.0. The van der Waals surface area contributed by atoms with Crippen LogP contribution in [0.5, 0.6) is 5.88 Å². The molecule has 2 aromatic heterocycles. The summed E-state index contributed by atoms with van der Waals surface area (Å²) in [5, 5.41) is 13.9. The fourth-order valence-electron chi connectivity index (χ4n) is 2.86. The Kier molecular flexibility index (Phi) is 2.50. The number of aromatic nitrogens is 3. The van der Waals surface area contributed by atoms with Crippen molar-refractivity contribution < 1.29 is 5.11 Å². The van der Waals surface area contributed by atoms with Crippen LogP contribution >= 0.6 is 0 Å². The molecular weight excluding hydrogens is 214 g/mol. The minimum Gasteiger partial charge on any atom is -0.493 e. The lowest BCUT2D eigenvalue weighted by molar-refractivity contribution is 0.323. The van der Waals surface area contributed by atoms with Crippen LogP contribution in [0.3, 0.4) is 0 Å². The lowest BCUT2D eigenvalue weighted by Gasteiger charge is -2.28. The number of fused-ring (bicyclic) bond motifs is 1. The van der Waals surface area contributed by atoms with Gasteiger partial charge in [-0.1, -0.05) is 26.2 Å². The molecule has 0 saturated heterocycles. The Hall–Kier alpha value is -1.58. The standard InChI is InChI=1S/C13H17N3O/c1-9-4-2-3-5-10(9)11-8-13(17)16-12(15-11)6-7-14-16/h6-10,17H,2-5H2,1H3. The van der Waals surface area contributed by atoms with Gasteiger partial charge in [-0.3, -0.25) is 0 Å². The Morgan fingerprint density at radius 1 is 1.35 bits per heavy atom. The Morgan fingerprint density at radius 3 is 3.00 bits per heavy atom. The van der Waals surface area contributed by atoms with Crippen molar-refractivity contribution in [2.45, 2.75) is 38.5 Å². The molecule has 90 valence electrons. The van der Waals surface area contributed by atoms with E-state index < -0.39 is 0 Å². The van der Waals surface area contributed by atoms with E-state index in [1.807, 2.05) is 6.07 Å². The van der Waals surface area contributed by atoms with Gasteiger partial charge >= 0.3 is 0 Å². The first-order chi connectivity index (χ1) is 8.25. The Labute approximate surface area is 100 Å². The van der Waals surface area contributed by atoms with Gasteiger partial charge in [0.2, 0.25) is 5.88 Å². The van der Waals surface area contributed by atoms with Gasteiger partial charge in [-0.15, -0.1) is 0 Å². The molecule has 2 heterocycles. The van der Waals surface area contributed by atoms with Crippen LogP contribution in [0.15, 0.2) is 18.3 Å². The maximum absolute atomic E-state index is 9.92. The average molecular weight is 231 g/mol. The van der Waals surface area contributed by atoms with Crippen molar-refractivity contribution in [3.8, 4) is 5.88 Å². The fourth-order valence-corrected chi connectivity index (χ4v) is 2.86. The molecule has 0 amide bonds. The van der Waals surface area contributed by atoms with E-state index in [2.05, 4.69) is 17.0 Å². The van der Waals surface area contributed by atoms with Crippen LogP contribution in [0.25, 0.3) is 5.65 Å². The summed E-state index contributed by atoms with van der Waals surface area (Å²) in [7, 11) is 0. The van der Waals surface area contributed by atoms with E-state index in [4.69, 9.17) is 0 Å². The predicted octanol–water partition coefficient (Wildman–Crippen LogP) is 2.73. The molecule has 17 heavy (non-hydrogen) atoms. The van der Waals surface area contributed by atoms with Crippen molar-refractivity contribution in [1.82, 2.24) is 14.6 Å². The van der Waals surface area contributed by atoms with Crippen molar-refractivity contribution in [3.63, 3.8) is 0 Å². The minimum absolute atomic E-state index is 0.188. The third-order valence-corrected chi connectivity index (χ3v) is 3.85. The van der Waals surface area contributed by atoms with Gasteiger partial charge in [0.15, 0.2) is 5.65 Å². The number of aromatic hydroxyl groups is 1. The van der Waals surface area contributed by atoms with Crippen LogP contribution in [0, 0.1) is 5.92 Å². The average Bonchev–Trinajstić information content (AvgIpc) is 2.78. The van der Waals surface area contributed by atoms with Gasteiger partial charge in [0.25, 0.3) is 0 Å². The van der Waals surface area contributed by atoms with Crippen LogP contribution in [0.2, 0.25) is 0 Å². The van der Waals surface area contributed by atoms with Crippen molar-refractivity contribution in [2.75, 3.05) is 0 Å². The monoisotopic (exact) mass is 231 g/mol. The molecule has 1 aliphatic rings. The molecule has 0 radical (unpaired) electrons. The Balaban J connectivity index is 2.04. The van der Waals surface area contributed by atoms with E-state index in [1.165, 1.54) is 30.2 Å². The van der Waals surface area contributed by atoms with Crippen LogP contribution in [-0.4, -0.2) is 19.7 Å². The topological polar surface area (TPSA) is 50.4 Å². The number of hydrogen-bond donors (Lipinski definition) is 1. The second-order valence-electron chi connectivity index (χ2n) is 5.01. The number of rotatable bonds is 1. The summed E-state index contributed by atoms with van der Waals surface area (Å²) < 4.78 is 1.47. The first kappa shape index (κ1) is 10.6. The molecule has 1 fully saturated rings. The van der Waals surface area contributed by atoms with Crippen LogP contribution in [0.4, 0.5) is 0 Å². The van der Waals surface area contributed by atoms with E-state index >= 15 is 0 Å². The van der Waals surface area contributed by atoms with Crippen molar-refractivity contribution >= 4 is 5.65 Å². The van der Waals surface area contributed by atoms with Crippen molar-refractivity contribution in [3.05, 3.63) is 24.0 Å². The summed E-state index contributed by atoms with van der Waals surface area (Å²) in [6.07, 6.45) is 6.69. The molecule has 1 N–H and O–H groups in total. The van der Waals surface area contributed by atoms with Crippen molar-refractivity contribution in [2.24, 2.45) is 5.92 Å². The minimum atomic E-state index is 0.188. The van der Waals surface area contributed by atoms with Crippen LogP contribution < -0.4 is 0 Å². The van der Waals surface area contributed by atoms with Gasteiger partial charge in [0.05, 0.1) is 11.9 Å². The smallest absolute Gasteiger partial charge is 0.215 e. The molecule has 1 saturated carbocycles. The zero-order chi connectivity index (χ0) is 11.8. The fraction of sp³-hybridized carbons (Fsp3) is 0.538. The maximum Gasteiger partial charge on any atom is 0.215 e. The van der Waals surface area contributed by atoms with E-state index in [-0.39, 0.29) is 5.88 Å². The molecule has 0 aromatic carbocycles. The quantitative estimate of drug-likeness (QED) is 0.821. The highest BCUT2D eigenvalue weighted by Gasteiger charge is 2.25.